The number of ether oxygens (including phenoxy) is 2. The third kappa shape index (κ3) is 7.35. The van der Waals surface area contributed by atoms with Crippen molar-refractivity contribution in [3.63, 3.8) is 0 Å². The normalized spacial score (nSPS) is 14.4. The number of H-pyrrole nitrogens is 1. The number of benzene rings is 2. The van der Waals surface area contributed by atoms with Gasteiger partial charge in [-0.1, -0.05) is 48.9 Å². The molecule has 2 aromatic carbocycles. The maximum atomic E-state index is 5.87. The highest BCUT2D eigenvalue weighted by Gasteiger charge is 2.10. The van der Waals surface area contributed by atoms with Gasteiger partial charge in [0.2, 0.25) is 5.95 Å². The second kappa shape index (κ2) is 12.2. The monoisotopic (exact) mass is 435 g/mol. The van der Waals surface area contributed by atoms with Crippen molar-refractivity contribution in [2.75, 3.05) is 44.8 Å². The molecule has 1 fully saturated rings. The molecule has 0 saturated carbocycles. The molecular weight excluding hydrogens is 402 g/mol. The van der Waals surface area contributed by atoms with E-state index >= 15 is 0 Å². The van der Waals surface area contributed by atoms with Crippen molar-refractivity contribution in [2.45, 2.75) is 32.2 Å². The summed E-state index contributed by atoms with van der Waals surface area (Å²) in [6, 6.07) is 18.6. The Labute approximate surface area is 190 Å². The lowest BCUT2D eigenvalue weighted by molar-refractivity contribution is 0.107. The van der Waals surface area contributed by atoms with Crippen LogP contribution in [0.3, 0.4) is 0 Å². The van der Waals surface area contributed by atoms with E-state index in [1.54, 1.807) is 0 Å². The van der Waals surface area contributed by atoms with Gasteiger partial charge in [-0.3, -0.25) is 4.90 Å². The number of hydrogen-bond acceptors (Lipinski definition) is 6. The molecule has 3 aromatic rings. The van der Waals surface area contributed by atoms with Crippen LogP contribution in [-0.2, 0) is 17.7 Å². The van der Waals surface area contributed by atoms with Crippen LogP contribution in [0, 0.1) is 0 Å². The molecule has 0 radical (unpaired) electrons. The number of aromatic nitrogens is 3. The Morgan fingerprint density at radius 2 is 1.75 bits per heavy atom. The van der Waals surface area contributed by atoms with Gasteiger partial charge in [-0.05, 0) is 49.2 Å². The van der Waals surface area contributed by atoms with Crippen LogP contribution in [0.5, 0.6) is 5.75 Å². The number of nitrogens with one attached hydrogen (secondary N) is 2. The zero-order chi connectivity index (χ0) is 21.8. The second-order valence-electron chi connectivity index (χ2n) is 8.13. The first kappa shape index (κ1) is 22.3. The van der Waals surface area contributed by atoms with Crippen LogP contribution in [0.4, 0.5) is 5.95 Å². The van der Waals surface area contributed by atoms with Gasteiger partial charge in [0.05, 0.1) is 13.2 Å². The molecule has 1 aliphatic heterocycles. The van der Waals surface area contributed by atoms with Crippen LogP contribution in [0.1, 0.15) is 36.2 Å². The highest BCUT2D eigenvalue weighted by molar-refractivity contribution is 5.28. The number of piperidine rings is 1. The van der Waals surface area contributed by atoms with Crippen LogP contribution in [0.2, 0.25) is 0 Å². The summed E-state index contributed by atoms with van der Waals surface area (Å²) in [6.07, 6.45) is 4.70. The van der Waals surface area contributed by atoms with Gasteiger partial charge in [0.25, 0.3) is 0 Å². The minimum atomic E-state index is 0.538. The van der Waals surface area contributed by atoms with E-state index in [2.05, 4.69) is 55.7 Å². The topological polar surface area (TPSA) is 75.3 Å². The first-order valence-electron chi connectivity index (χ1n) is 11.6. The first-order chi connectivity index (χ1) is 15.8. The Morgan fingerprint density at radius 3 is 2.62 bits per heavy atom. The number of nitrogens with zero attached hydrogens (tertiary/aromatic N) is 3. The van der Waals surface area contributed by atoms with Crippen molar-refractivity contribution in [2.24, 2.45) is 0 Å². The average molecular weight is 436 g/mol. The molecular formula is C25H33N5O2. The van der Waals surface area contributed by atoms with Crippen molar-refractivity contribution in [3.05, 3.63) is 71.5 Å². The molecule has 1 saturated heterocycles. The summed E-state index contributed by atoms with van der Waals surface area (Å²) in [5, 5.41) is 10.4. The zero-order valence-corrected chi connectivity index (χ0v) is 18.6. The molecule has 32 heavy (non-hydrogen) atoms. The lowest BCUT2D eigenvalue weighted by Gasteiger charge is -2.26. The van der Waals surface area contributed by atoms with E-state index < -0.39 is 0 Å². The Kier molecular flexibility index (Phi) is 8.51. The summed E-state index contributed by atoms with van der Waals surface area (Å²) in [5.41, 5.74) is 2.51. The Morgan fingerprint density at radius 1 is 0.906 bits per heavy atom. The maximum absolute atomic E-state index is 5.87. The van der Waals surface area contributed by atoms with Gasteiger partial charge in [-0.2, -0.15) is 10.1 Å². The van der Waals surface area contributed by atoms with Gasteiger partial charge in [0, 0.05) is 19.5 Å². The summed E-state index contributed by atoms with van der Waals surface area (Å²) in [4.78, 5) is 6.99. The largest absolute Gasteiger partial charge is 0.491 e. The molecule has 1 aliphatic rings. The Bertz CT molecular complexity index is 925. The van der Waals surface area contributed by atoms with E-state index in [1.165, 1.54) is 43.5 Å². The summed E-state index contributed by atoms with van der Waals surface area (Å²) in [7, 11) is 0. The minimum absolute atomic E-state index is 0.538. The molecule has 7 nitrogen and oxygen atoms in total. The quantitative estimate of drug-likeness (QED) is 0.421. The summed E-state index contributed by atoms with van der Waals surface area (Å²) in [6.45, 7) is 5.74. The fraction of sp³-hybridized carbons (Fsp3) is 0.440. The number of anilines is 1. The van der Waals surface area contributed by atoms with Crippen LogP contribution < -0.4 is 10.1 Å². The summed E-state index contributed by atoms with van der Waals surface area (Å²) in [5.74, 6) is 2.35. The molecule has 0 amide bonds. The lowest BCUT2D eigenvalue weighted by Crippen LogP contribution is -2.29. The van der Waals surface area contributed by atoms with Gasteiger partial charge in [-0.15, -0.1) is 0 Å². The fourth-order valence-electron chi connectivity index (χ4n) is 3.90. The SMILES string of the molecule is c1ccc(Cc2n[nH]c(NCCOCCOc3cccc(CN4CCCCC4)c3)n2)cc1. The lowest BCUT2D eigenvalue weighted by atomic mass is 10.1. The van der Waals surface area contributed by atoms with E-state index in [1.807, 2.05) is 24.3 Å². The van der Waals surface area contributed by atoms with Crippen molar-refractivity contribution < 1.29 is 9.47 Å². The highest BCUT2D eigenvalue weighted by atomic mass is 16.5. The molecule has 2 N–H and O–H groups in total. The summed E-state index contributed by atoms with van der Waals surface area (Å²) < 4.78 is 11.5. The Balaban J connectivity index is 1.08. The zero-order valence-electron chi connectivity index (χ0n) is 18.6. The molecule has 0 spiro atoms. The standard InChI is InChI=1S/C25H33N5O2/c1-3-8-21(9-4-1)19-24-27-25(29-28-24)26-12-15-31-16-17-32-23-11-7-10-22(18-23)20-30-13-5-2-6-14-30/h1,3-4,7-11,18H,2,5-6,12-17,19-20H2,(H2,26,27,28,29). The minimum Gasteiger partial charge on any atom is -0.491 e. The molecule has 7 heteroatoms. The Hall–Kier alpha value is -2.90. The maximum Gasteiger partial charge on any atom is 0.218 e. The molecule has 1 aromatic heterocycles. The number of likely N-dealkylation sites (tertiary alicyclic amines) is 1. The van der Waals surface area contributed by atoms with E-state index in [-0.39, 0.29) is 0 Å². The van der Waals surface area contributed by atoms with E-state index in [9.17, 15) is 0 Å². The van der Waals surface area contributed by atoms with Gasteiger partial charge < -0.3 is 14.8 Å². The first-order valence-corrected chi connectivity index (χ1v) is 11.6. The van der Waals surface area contributed by atoms with Crippen LogP contribution in [-0.4, -0.2) is 59.5 Å². The van der Waals surface area contributed by atoms with E-state index in [4.69, 9.17) is 9.47 Å². The van der Waals surface area contributed by atoms with Crippen molar-refractivity contribution in [1.82, 2.24) is 20.1 Å². The predicted octanol–water partition coefficient (Wildman–Crippen LogP) is 3.89. The smallest absolute Gasteiger partial charge is 0.218 e. The molecule has 4 rings (SSSR count). The predicted molar refractivity (Wildman–Crippen MR) is 126 cm³/mol. The van der Waals surface area contributed by atoms with Crippen LogP contribution in [0.15, 0.2) is 54.6 Å². The molecule has 2 heterocycles. The third-order valence-corrected chi connectivity index (χ3v) is 5.53. The number of hydrogen-bond donors (Lipinski definition) is 2. The van der Waals surface area contributed by atoms with Gasteiger partial charge in [-0.25, -0.2) is 5.10 Å². The fourth-order valence-corrected chi connectivity index (χ4v) is 3.90. The summed E-state index contributed by atoms with van der Waals surface area (Å²) >= 11 is 0. The second-order valence-corrected chi connectivity index (χ2v) is 8.13. The van der Waals surface area contributed by atoms with Gasteiger partial charge in [0.1, 0.15) is 12.4 Å². The molecule has 170 valence electrons. The van der Waals surface area contributed by atoms with Crippen molar-refractivity contribution in [3.8, 4) is 5.75 Å². The molecule has 0 aliphatic carbocycles. The van der Waals surface area contributed by atoms with E-state index in [0.29, 0.717) is 38.7 Å². The third-order valence-electron chi connectivity index (χ3n) is 5.53. The average Bonchev–Trinajstić information content (AvgIpc) is 3.27. The van der Waals surface area contributed by atoms with Gasteiger partial charge >= 0.3 is 0 Å². The van der Waals surface area contributed by atoms with E-state index in [0.717, 1.165) is 18.1 Å². The van der Waals surface area contributed by atoms with Crippen LogP contribution >= 0.6 is 0 Å². The highest BCUT2D eigenvalue weighted by Crippen LogP contribution is 2.17. The van der Waals surface area contributed by atoms with Crippen molar-refractivity contribution >= 4 is 5.95 Å². The number of rotatable bonds is 12. The van der Waals surface area contributed by atoms with Crippen molar-refractivity contribution in [1.29, 1.82) is 0 Å². The van der Waals surface area contributed by atoms with Gasteiger partial charge in [0.15, 0.2) is 5.82 Å². The molecule has 0 atom stereocenters. The molecule has 0 unspecified atom stereocenters. The number of aromatic amines is 1. The van der Waals surface area contributed by atoms with Crippen LogP contribution in [0.25, 0.3) is 0 Å². The molecule has 0 bridgehead atoms.